The molecular weight excluding hydrogens is 690 g/mol. The summed E-state index contributed by atoms with van der Waals surface area (Å²) in [7, 11) is 0. The Labute approximate surface area is 343 Å². The van der Waals surface area contributed by atoms with Gasteiger partial charge in [0.15, 0.2) is 11.4 Å². The first-order valence-electron chi connectivity index (χ1n) is 23.9. The van der Waals surface area contributed by atoms with E-state index in [0.29, 0.717) is 39.0 Å². The highest BCUT2D eigenvalue weighted by molar-refractivity contribution is 6.09. The third-order valence-electron chi connectivity index (χ3n) is 9.17. The molecule has 0 saturated heterocycles. The summed E-state index contributed by atoms with van der Waals surface area (Å²) in [6, 6.07) is 39.4. The molecule has 0 aliphatic rings. The SMILES string of the molecule is [2H]C([2H])(c1ccc(-c2ccccc2)nc1)C([2H])([2H])c1cc(C([2H])([2H])C([2H])([2H])c2ccc(-c3ccccc3)nc2)cc(C([2H])([2H])C([2H])([2H])c2ccc(-c3cccc4c3oc3c(F)cccc34)nc2)c1. The van der Waals surface area contributed by atoms with E-state index in [-0.39, 0.29) is 22.3 Å². The molecule has 0 bridgehead atoms. The van der Waals surface area contributed by atoms with Crippen molar-refractivity contribution >= 4 is 21.9 Å². The maximum absolute atomic E-state index is 14.7. The lowest BCUT2D eigenvalue weighted by Gasteiger charge is -2.12. The highest BCUT2D eigenvalue weighted by Gasteiger charge is 2.15. The van der Waals surface area contributed by atoms with E-state index in [1.165, 1.54) is 54.9 Å². The van der Waals surface area contributed by atoms with E-state index in [0.717, 1.165) is 35.5 Å². The third-order valence-corrected chi connectivity index (χ3v) is 9.17. The summed E-state index contributed by atoms with van der Waals surface area (Å²) in [6.07, 6.45) is -14.6. The van der Waals surface area contributed by atoms with Crippen molar-refractivity contribution in [1.82, 2.24) is 15.0 Å². The van der Waals surface area contributed by atoms with Crippen LogP contribution in [0.3, 0.4) is 0 Å². The van der Waals surface area contributed by atoms with Crippen molar-refractivity contribution in [2.24, 2.45) is 0 Å². The van der Waals surface area contributed by atoms with E-state index in [2.05, 4.69) is 15.0 Å². The molecule has 0 amide bonds. The van der Waals surface area contributed by atoms with Gasteiger partial charge in [-0.3, -0.25) is 15.0 Å². The minimum Gasteiger partial charge on any atom is -0.452 e. The van der Waals surface area contributed by atoms with E-state index in [4.69, 9.17) is 4.42 Å². The molecule has 0 aliphatic carbocycles. The summed E-state index contributed by atoms with van der Waals surface area (Å²) in [5, 5.41) is 1.18. The summed E-state index contributed by atoms with van der Waals surface area (Å²) in [6.45, 7) is 0. The maximum Gasteiger partial charge on any atom is 0.171 e. The zero-order valence-electron chi connectivity index (χ0n) is 41.8. The van der Waals surface area contributed by atoms with Gasteiger partial charge in [-0.2, -0.15) is 0 Å². The summed E-state index contributed by atoms with van der Waals surface area (Å²) < 4.78 is 132. The molecular formula is C51H40FN3O. The smallest absolute Gasteiger partial charge is 0.171 e. The number of fused-ring (bicyclic) bond motifs is 3. The summed E-state index contributed by atoms with van der Waals surface area (Å²) in [4.78, 5) is 13.2. The molecule has 56 heavy (non-hydrogen) atoms. The Morgan fingerprint density at radius 2 is 0.839 bits per heavy atom. The Morgan fingerprint density at radius 1 is 0.411 bits per heavy atom. The molecule has 272 valence electrons. The lowest BCUT2D eigenvalue weighted by molar-refractivity contribution is 0.584. The molecule has 0 aliphatic heterocycles. The van der Waals surface area contributed by atoms with E-state index >= 15 is 0 Å². The van der Waals surface area contributed by atoms with Gasteiger partial charge >= 0.3 is 0 Å². The molecule has 0 fully saturated rings. The van der Waals surface area contributed by atoms with Crippen molar-refractivity contribution in [1.29, 1.82) is 0 Å². The minimum atomic E-state index is -3.12. The number of halogens is 1. The summed E-state index contributed by atoms with van der Waals surface area (Å²) >= 11 is 0. The van der Waals surface area contributed by atoms with Gasteiger partial charge in [0.2, 0.25) is 0 Å². The van der Waals surface area contributed by atoms with Crippen LogP contribution in [0.4, 0.5) is 4.39 Å². The molecule has 0 spiro atoms. The molecule has 4 heterocycles. The number of furan rings is 1. The zero-order chi connectivity index (χ0) is 48.4. The molecule has 0 N–H and O–H groups in total. The maximum atomic E-state index is 14.7. The van der Waals surface area contributed by atoms with Crippen LogP contribution in [0.25, 0.3) is 55.7 Å². The van der Waals surface area contributed by atoms with Gasteiger partial charge in [-0.1, -0.05) is 121 Å². The first kappa shape index (κ1) is 23.9. The largest absolute Gasteiger partial charge is 0.452 e. The van der Waals surface area contributed by atoms with Gasteiger partial charge in [0.25, 0.3) is 0 Å². The predicted octanol–water partition coefficient (Wildman–Crippen LogP) is 12.3. The van der Waals surface area contributed by atoms with Gasteiger partial charge < -0.3 is 4.42 Å². The fraction of sp³-hybridized carbons (Fsp3) is 0.118. The van der Waals surface area contributed by atoms with Crippen LogP contribution in [0.15, 0.2) is 175 Å². The highest BCUT2D eigenvalue weighted by Crippen LogP contribution is 2.36. The number of para-hydroxylation sites is 2. The Kier molecular flexibility index (Phi) is 6.81. The van der Waals surface area contributed by atoms with Gasteiger partial charge in [0, 0.05) is 62.5 Å². The van der Waals surface area contributed by atoms with Crippen molar-refractivity contribution < 1.29 is 25.3 Å². The van der Waals surface area contributed by atoms with Crippen LogP contribution >= 0.6 is 0 Å². The summed E-state index contributed by atoms with van der Waals surface area (Å²) in [5.74, 6) is -0.548. The molecule has 5 aromatic carbocycles. The third kappa shape index (κ3) is 7.75. The van der Waals surface area contributed by atoms with Crippen molar-refractivity contribution in [3.8, 4) is 33.8 Å². The molecule has 9 aromatic rings. The fourth-order valence-corrected chi connectivity index (χ4v) is 6.39. The summed E-state index contributed by atoms with van der Waals surface area (Å²) in [5.41, 5.74) is 1.25. The van der Waals surface area contributed by atoms with Gasteiger partial charge in [-0.05, 0) is 102 Å². The monoisotopic (exact) mass is 741 g/mol. The second-order valence-electron chi connectivity index (χ2n) is 13.0. The van der Waals surface area contributed by atoms with Gasteiger partial charge in [0.05, 0.1) is 17.1 Å². The Balaban J connectivity index is 1.13. The zero-order valence-corrected chi connectivity index (χ0v) is 29.8. The number of benzene rings is 5. The fourth-order valence-electron chi connectivity index (χ4n) is 6.39. The van der Waals surface area contributed by atoms with E-state index in [9.17, 15) is 20.8 Å². The molecule has 0 atom stereocenters. The van der Waals surface area contributed by atoms with Crippen LogP contribution in [0.1, 0.15) is 49.8 Å². The lowest BCUT2D eigenvalue weighted by Crippen LogP contribution is -2.00. The van der Waals surface area contributed by atoms with Gasteiger partial charge in [-0.15, -0.1) is 0 Å². The topological polar surface area (TPSA) is 51.8 Å². The minimum absolute atomic E-state index is 0.0582. The van der Waals surface area contributed by atoms with Crippen LogP contribution < -0.4 is 0 Å². The quantitative estimate of drug-likeness (QED) is 0.125. The van der Waals surface area contributed by atoms with Crippen LogP contribution in [-0.2, 0) is 38.2 Å². The average Bonchev–Trinajstić information content (AvgIpc) is 3.74. The predicted molar refractivity (Wildman–Crippen MR) is 225 cm³/mol. The van der Waals surface area contributed by atoms with Crippen LogP contribution in [0, 0.1) is 5.82 Å². The Bertz CT molecular complexity index is 3170. The number of aryl methyl sites for hydroxylation is 6. The van der Waals surface area contributed by atoms with Crippen molar-refractivity contribution in [2.75, 3.05) is 0 Å². The molecule has 5 heteroatoms. The van der Waals surface area contributed by atoms with Gasteiger partial charge in [0.1, 0.15) is 5.58 Å². The number of aromatic nitrogens is 3. The number of hydrogen-bond acceptors (Lipinski definition) is 4. The van der Waals surface area contributed by atoms with Crippen molar-refractivity contribution in [3.05, 3.63) is 209 Å². The van der Waals surface area contributed by atoms with E-state index < -0.39 is 60.7 Å². The average molecular weight is 742 g/mol. The number of nitrogens with zero attached hydrogens (tertiary/aromatic N) is 3. The van der Waals surface area contributed by atoms with Gasteiger partial charge in [-0.25, -0.2) is 4.39 Å². The Morgan fingerprint density at radius 3 is 1.30 bits per heavy atom. The molecule has 4 nitrogen and oxygen atoms in total. The standard InChI is InChI=1S/C51H40FN3O/c52-46-16-8-14-44-43-13-7-15-45(50(43)56-51(44)46)49-28-25-37(34-55-49)19-22-40-30-38(20-17-35-23-26-47(53-32-35)41-9-3-1-4-10-41)29-39(31-40)21-18-36-24-27-48(54-33-36)42-11-5-2-6-12-42/h1-16,23-34H,17-22H2/i17D2,18D2,19D2,20D2,21D2,22D2. The number of hydrogen-bond donors (Lipinski definition) is 0. The number of pyridine rings is 3. The van der Waals surface area contributed by atoms with Crippen molar-refractivity contribution in [3.63, 3.8) is 0 Å². The van der Waals surface area contributed by atoms with Crippen LogP contribution in [-0.4, -0.2) is 15.0 Å². The second-order valence-corrected chi connectivity index (χ2v) is 13.0. The molecule has 0 saturated carbocycles. The van der Waals surface area contributed by atoms with E-state index in [1.54, 1.807) is 30.3 Å². The van der Waals surface area contributed by atoms with Crippen LogP contribution in [0.5, 0.6) is 0 Å². The first-order valence-corrected chi connectivity index (χ1v) is 17.9. The second kappa shape index (κ2) is 15.9. The van der Waals surface area contributed by atoms with Crippen molar-refractivity contribution in [2.45, 2.75) is 38.2 Å². The molecule has 0 unspecified atom stereocenters. The molecule has 4 aromatic heterocycles. The molecule has 0 radical (unpaired) electrons. The lowest BCUT2D eigenvalue weighted by atomic mass is 9.94. The Hall–Kier alpha value is -6.72. The van der Waals surface area contributed by atoms with Crippen LogP contribution in [0.2, 0.25) is 0 Å². The number of rotatable bonds is 12. The van der Waals surface area contributed by atoms with E-state index in [1.807, 2.05) is 60.7 Å². The highest BCUT2D eigenvalue weighted by atomic mass is 19.1. The first-order chi connectivity index (χ1) is 32.2. The normalized spacial score (nSPS) is 16.1. The molecule has 9 rings (SSSR count).